The van der Waals surface area contributed by atoms with E-state index >= 15 is 0 Å². The van der Waals surface area contributed by atoms with Crippen LogP contribution in [-0.2, 0) is 0 Å². The van der Waals surface area contributed by atoms with E-state index in [0.29, 0.717) is 24.8 Å². The number of amides is 1. The van der Waals surface area contributed by atoms with E-state index in [-0.39, 0.29) is 5.91 Å². The Morgan fingerprint density at radius 1 is 1.42 bits per heavy atom. The standard InChI is InChI=1S/C14H22N4O/c1-4-18(5-2)14(19)12-10-15-9-11(16-12)13-7-6-8-17(13)3/h9-10,13H,4-8H2,1-3H3/t13-/m1/s1. The summed E-state index contributed by atoms with van der Waals surface area (Å²) in [5, 5.41) is 0. The van der Waals surface area contributed by atoms with Gasteiger partial charge in [-0.25, -0.2) is 4.98 Å². The van der Waals surface area contributed by atoms with E-state index in [1.807, 2.05) is 13.8 Å². The first-order valence-electron chi connectivity index (χ1n) is 6.98. The van der Waals surface area contributed by atoms with Crippen molar-refractivity contribution >= 4 is 5.91 Å². The summed E-state index contributed by atoms with van der Waals surface area (Å²) in [7, 11) is 2.10. The number of nitrogens with zero attached hydrogens (tertiary/aromatic N) is 4. The van der Waals surface area contributed by atoms with Gasteiger partial charge in [0, 0.05) is 13.1 Å². The Labute approximate surface area is 114 Å². The third-order valence-corrected chi connectivity index (χ3v) is 3.78. The van der Waals surface area contributed by atoms with E-state index in [1.54, 1.807) is 17.3 Å². The van der Waals surface area contributed by atoms with Crippen LogP contribution in [0.4, 0.5) is 0 Å². The van der Waals surface area contributed by atoms with Crippen LogP contribution in [0.2, 0.25) is 0 Å². The molecule has 0 aromatic carbocycles. The fraction of sp³-hybridized carbons (Fsp3) is 0.643. The van der Waals surface area contributed by atoms with Crippen molar-refractivity contribution < 1.29 is 4.79 Å². The van der Waals surface area contributed by atoms with E-state index in [4.69, 9.17) is 0 Å². The van der Waals surface area contributed by atoms with Crippen LogP contribution in [0.5, 0.6) is 0 Å². The largest absolute Gasteiger partial charge is 0.338 e. The third-order valence-electron chi connectivity index (χ3n) is 3.78. The van der Waals surface area contributed by atoms with Gasteiger partial charge in [-0.3, -0.25) is 14.7 Å². The van der Waals surface area contributed by atoms with Crippen LogP contribution in [0.25, 0.3) is 0 Å². The van der Waals surface area contributed by atoms with E-state index < -0.39 is 0 Å². The lowest BCUT2D eigenvalue weighted by atomic mass is 10.1. The van der Waals surface area contributed by atoms with Gasteiger partial charge in [-0.2, -0.15) is 0 Å². The summed E-state index contributed by atoms with van der Waals surface area (Å²) in [5.41, 5.74) is 1.37. The molecule has 1 aromatic rings. The zero-order valence-electron chi connectivity index (χ0n) is 12.0. The van der Waals surface area contributed by atoms with Crippen molar-refractivity contribution in [1.82, 2.24) is 19.8 Å². The Bertz CT molecular complexity index is 445. The molecule has 5 nitrogen and oxygen atoms in total. The van der Waals surface area contributed by atoms with Gasteiger partial charge < -0.3 is 4.90 Å². The summed E-state index contributed by atoms with van der Waals surface area (Å²) < 4.78 is 0. The number of hydrogen-bond donors (Lipinski definition) is 0. The maximum Gasteiger partial charge on any atom is 0.274 e. The van der Waals surface area contributed by atoms with Gasteiger partial charge in [0.15, 0.2) is 0 Å². The zero-order valence-corrected chi connectivity index (χ0v) is 12.0. The van der Waals surface area contributed by atoms with Crippen LogP contribution in [0, 0.1) is 0 Å². The van der Waals surface area contributed by atoms with Crippen molar-refractivity contribution in [1.29, 1.82) is 0 Å². The lowest BCUT2D eigenvalue weighted by Crippen LogP contribution is -2.31. The summed E-state index contributed by atoms with van der Waals surface area (Å²) in [6.07, 6.45) is 5.62. The molecule has 1 atom stereocenters. The Kier molecular flexibility index (Phi) is 4.47. The van der Waals surface area contributed by atoms with Gasteiger partial charge in [0.1, 0.15) is 5.69 Å². The van der Waals surface area contributed by atoms with Gasteiger partial charge in [0.2, 0.25) is 0 Å². The van der Waals surface area contributed by atoms with Gasteiger partial charge in [0.25, 0.3) is 5.91 Å². The van der Waals surface area contributed by atoms with Crippen molar-refractivity contribution in [2.45, 2.75) is 32.7 Å². The summed E-state index contributed by atoms with van der Waals surface area (Å²) >= 11 is 0. The summed E-state index contributed by atoms with van der Waals surface area (Å²) in [4.78, 5) is 25.0. The Hall–Kier alpha value is -1.49. The first-order chi connectivity index (χ1) is 9.17. The van der Waals surface area contributed by atoms with Crippen molar-refractivity contribution in [2.24, 2.45) is 0 Å². The molecule has 5 heteroatoms. The molecular weight excluding hydrogens is 240 g/mol. The van der Waals surface area contributed by atoms with Crippen LogP contribution in [0.1, 0.15) is 48.9 Å². The summed E-state index contributed by atoms with van der Waals surface area (Å²) in [5.74, 6) is -0.0278. The third kappa shape index (κ3) is 2.92. The molecule has 0 unspecified atom stereocenters. The number of carbonyl (C=O) groups excluding carboxylic acids is 1. The molecule has 19 heavy (non-hydrogen) atoms. The topological polar surface area (TPSA) is 49.3 Å². The molecule has 0 N–H and O–H groups in total. The van der Waals surface area contributed by atoms with E-state index in [0.717, 1.165) is 18.7 Å². The maximum atomic E-state index is 12.3. The number of carbonyl (C=O) groups is 1. The second kappa shape index (κ2) is 6.10. The molecule has 1 saturated heterocycles. The van der Waals surface area contributed by atoms with Gasteiger partial charge in [-0.15, -0.1) is 0 Å². The van der Waals surface area contributed by atoms with E-state index in [9.17, 15) is 4.79 Å². The van der Waals surface area contributed by atoms with Crippen LogP contribution >= 0.6 is 0 Å². The second-order valence-electron chi connectivity index (χ2n) is 4.95. The minimum Gasteiger partial charge on any atom is -0.338 e. The highest BCUT2D eigenvalue weighted by Gasteiger charge is 2.25. The smallest absolute Gasteiger partial charge is 0.274 e. The molecule has 2 rings (SSSR count). The number of aromatic nitrogens is 2. The Balaban J connectivity index is 2.21. The molecule has 1 fully saturated rings. The molecule has 0 spiro atoms. The molecule has 1 aliphatic heterocycles. The minimum absolute atomic E-state index is 0.0278. The molecule has 2 heterocycles. The van der Waals surface area contributed by atoms with Crippen molar-refractivity contribution in [3.05, 3.63) is 23.8 Å². The van der Waals surface area contributed by atoms with E-state index in [1.165, 1.54) is 6.42 Å². The molecule has 0 radical (unpaired) electrons. The van der Waals surface area contributed by atoms with Gasteiger partial charge in [0.05, 0.1) is 24.1 Å². The first-order valence-corrected chi connectivity index (χ1v) is 6.98. The highest BCUT2D eigenvalue weighted by molar-refractivity contribution is 5.92. The summed E-state index contributed by atoms with van der Waals surface area (Å²) in [6, 6.07) is 0.303. The highest BCUT2D eigenvalue weighted by Crippen LogP contribution is 2.28. The van der Waals surface area contributed by atoms with Crippen LogP contribution in [0.15, 0.2) is 12.4 Å². The fourth-order valence-electron chi connectivity index (χ4n) is 2.60. The Morgan fingerprint density at radius 2 is 2.16 bits per heavy atom. The highest BCUT2D eigenvalue weighted by atomic mass is 16.2. The first kappa shape index (κ1) is 13.9. The molecular formula is C14H22N4O. The Morgan fingerprint density at radius 3 is 2.74 bits per heavy atom. The van der Waals surface area contributed by atoms with Gasteiger partial charge in [-0.05, 0) is 40.3 Å². The zero-order chi connectivity index (χ0) is 13.8. The van der Waals surface area contributed by atoms with Gasteiger partial charge >= 0.3 is 0 Å². The number of hydrogen-bond acceptors (Lipinski definition) is 4. The van der Waals surface area contributed by atoms with Crippen molar-refractivity contribution in [3.63, 3.8) is 0 Å². The molecule has 104 valence electrons. The van der Waals surface area contributed by atoms with Crippen LogP contribution < -0.4 is 0 Å². The lowest BCUT2D eigenvalue weighted by Gasteiger charge is -2.21. The predicted octanol–water partition coefficient (Wildman–Crippen LogP) is 1.73. The average Bonchev–Trinajstić information content (AvgIpc) is 2.86. The number of rotatable bonds is 4. The molecule has 1 aromatic heterocycles. The number of likely N-dealkylation sites (tertiary alicyclic amines) is 1. The molecule has 1 aliphatic rings. The lowest BCUT2D eigenvalue weighted by molar-refractivity contribution is 0.0766. The van der Waals surface area contributed by atoms with Crippen LogP contribution in [0.3, 0.4) is 0 Å². The quantitative estimate of drug-likeness (QED) is 0.829. The van der Waals surface area contributed by atoms with Crippen LogP contribution in [-0.4, -0.2) is 52.4 Å². The van der Waals surface area contributed by atoms with Crippen molar-refractivity contribution in [3.8, 4) is 0 Å². The predicted molar refractivity (Wildman–Crippen MR) is 73.9 cm³/mol. The van der Waals surface area contributed by atoms with Crippen molar-refractivity contribution in [2.75, 3.05) is 26.7 Å². The molecule has 0 aliphatic carbocycles. The normalized spacial score (nSPS) is 19.6. The van der Waals surface area contributed by atoms with E-state index in [2.05, 4.69) is 21.9 Å². The molecule has 0 bridgehead atoms. The van der Waals surface area contributed by atoms with Gasteiger partial charge in [-0.1, -0.05) is 0 Å². The SMILES string of the molecule is CCN(CC)C(=O)c1cncc([C@H]2CCCN2C)n1. The minimum atomic E-state index is -0.0278. The summed E-state index contributed by atoms with van der Waals surface area (Å²) in [6.45, 7) is 6.43. The molecule has 0 saturated carbocycles. The monoisotopic (exact) mass is 262 g/mol. The average molecular weight is 262 g/mol. The molecule has 1 amide bonds. The maximum absolute atomic E-state index is 12.3. The second-order valence-corrected chi connectivity index (χ2v) is 4.95. The fourth-order valence-corrected chi connectivity index (χ4v) is 2.60.